The van der Waals surface area contributed by atoms with Crippen LogP contribution in [0, 0.1) is 0 Å². The molecule has 5 heteroatoms. The number of carbonyl (C=O) groups excluding carboxylic acids is 1. The zero-order valence-corrected chi connectivity index (χ0v) is 15.8. The van der Waals surface area contributed by atoms with Gasteiger partial charge < -0.3 is 5.32 Å². The zero-order chi connectivity index (χ0) is 17.9. The van der Waals surface area contributed by atoms with Crippen LogP contribution < -0.4 is 5.32 Å². The predicted octanol–water partition coefficient (Wildman–Crippen LogP) is 4.63. The van der Waals surface area contributed by atoms with Crippen molar-refractivity contribution in [1.29, 1.82) is 0 Å². The minimum atomic E-state index is 0.0438. The Kier molecular flexibility index (Phi) is 5.00. The summed E-state index contributed by atoms with van der Waals surface area (Å²) in [6.45, 7) is 3.49. The van der Waals surface area contributed by atoms with E-state index in [4.69, 9.17) is 4.98 Å². The lowest BCUT2D eigenvalue weighted by atomic mass is 10.1. The maximum atomic E-state index is 12.5. The maximum Gasteiger partial charge on any atom is 0.238 e. The Morgan fingerprint density at radius 2 is 2.04 bits per heavy atom. The molecule has 2 heterocycles. The number of anilines is 1. The van der Waals surface area contributed by atoms with E-state index in [0.29, 0.717) is 6.54 Å². The molecule has 1 amide bonds. The molecule has 1 fully saturated rings. The van der Waals surface area contributed by atoms with E-state index in [1.807, 2.05) is 24.3 Å². The van der Waals surface area contributed by atoms with Crippen molar-refractivity contribution in [3.63, 3.8) is 0 Å². The van der Waals surface area contributed by atoms with Crippen molar-refractivity contribution in [3.8, 4) is 0 Å². The van der Waals surface area contributed by atoms with Gasteiger partial charge in [0.05, 0.1) is 22.8 Å². The zero-order valence-electron chi connectivity index (χ0n) is 14.9. The second-order valence-corrected chi connectivity index (χ2v) is 7.81. The van der Waals surface area contributed by atoms with Gasteiger partial charge >= 0.3 is 0 Å². The number of nitrogens with zero attached hydrogens (tertiary/aromatic N) is 2. The summed E-state index contributed by atoms with van der Waals surface area (Å²) in [5.41, 5.74) is 3.20. The molecule has 3 aromatic rings. The number of nitrogens with one attached hydrogen (secondary N) is 1. The number of likely N-dealkylation sites (tertiary alicyclic amines) is 1. The van der Waals surface area contributed by atoms with Gasteiger partial charge in [0.2, 0.25) is 5.91 Å². The first-order valence-corrected chi connectivity index (χ1v) is 10.0. The molecule has 1 aliphatic rings. The second-order valence-electron chi connectivity index (χ2n) is 6.75. The molecule has 1 N–H and O–H groups in total. The van der Waals surface area contributed by atoms with Crippen LogP contribution in [0.2, 0.25) is 0 Å². The number of carbonyl (C=O) groups is 1. The predicted molar refractivity (Wildman–Crippen MR) is 108 cm³/mol. The van der Waals surface area contributed by atoms with Gasteiger partial charge in [0.25, 0.3) is 0 Å². The van der Waals surface area contributed by atoms with Gasteiger partial charge in [-0.3, -0.25) is 9.69 Å². The number of hydrogen-bond acceptors (Lipinski definition) is 4. The van der Waals surface area contributed by atoms with E-state index in [9.17, 15) is 4.79 Å². The molecule has 0 radical (unpaired) electrons. The molecule has 0 bridgehead atoms. The second kappa shape index (κ2) is 7.56. The van der Waals surface area contributed by atoms with Crippen molar-refractivity contribution in [2.24, 2.45) is 0 Å². The van der Waals surface area contributed by atoms with Gasteiger partial charge in [-0.25, -0.2) is 4.98 Å². The first kappa shape index (κ1) is 17.2. The summed E-state index contributed by atoms with van der Waals surface area (Å²) in [6.07, 6.45) is 3.18. The molecule has 134 valence electrons. The van der Waals surface area contributed by atoms with Gasteiger partial charge in [0.15, 0.2) is 0 Å². The lowest BCUT2D eigenvalue weighted by Gasteiger charge is -2.22. The van der Waals surface area contributed by atoms with Crippen LogP contribution in [0.25, 0.3) is 10.2 Å². The number of benzene rings is 2. The molecule has 0 unspecified atom stereocenters. The molecule has 1 aliphatic heterocycles. The van der Waals surface area contributed by atoms with Gasteiger partial charge in [-0.1, -0.05) is 31.2 Å². The highest BCUT2D eigenvalue weighted by Gasteiger charge is 2.30. The SMILES string of the molecule is CCc1ccc(NC(=O)CN2CCC[C@@H]2c2nc3ccccc3s2)cc1. The summed E-state index contributed by atoms with van der Waals surface area (Å²) < 4.78 is 1.22. The highest BCUT2D eigenvalue weighted by atomic mass is 32.1. The van der Waals surface area contributed by atoms with E-state index in [0.717, 1.165) is 42.0 Å². The molecule has 4 nitrogen and oxygen atoms in total. The molecule has 26 heavy (non-hydrogen) atoms. The average molecular weight is 366 g/mol. The maximum absolute atomic E-state index is 12.5. The summed E-state index contributed by atoms with van der Waals surface area (Å²) in [7, 11) is 0. The van der Waals surface area contributed by atoms with Crippen molar-refractivity contribution in [2.45, 2.75) is 32.2 Å². The monoisotopic (exact) mass is 365 g/mol. The number of rotatable bonds is 5. The number of thiazole rings is 1. The highest BCUT2D eigenvalue weighted by Crippen LogP contribution is 2.36. The van der Waals surface area contributed by atoms with Crippen molar-refractivity contribution in [1.82, 2.24) is 9.88 Å². The molecule has 0 aliphatic carbocycles. The number of amides is 1. The molecule has 4 rings (SSSR count). The smallest absolute Gasteiger partial charge is 0.238 e. The first-order chi connectivity index (χ1) is 12.7. The number of hydrogen-bond donors (Lipinski definition) is 1. The Morgan fingerprint density at radius 1 is 1.23 bits per heavy atom. The Bertz CT molecular complexity index is 870. The van der Waals surface area contributed by atoms with E-state index in [1.165, 1.54) is 10.3 Å². The minimum Gasteiger partial charge on any atom is -0.325 e. The quantitative estimate of drug-likeness (QED) is 0.717. The van der Waals surface area contributed by atoms with Gasteiger partial charge in [-0.15, -0.1) is 11.3 Å². The van der Waals surface area contributed by atoms with Crippen LogP contribution in [0.1, 0.15) is 36.4 Å². The summed E-state index contributed by atoms with van der Waals surface area (Å²) in [6, 6.07) is 16.6. The fourth-order valence-electron chi connectivity index (χ4n) is 3.54. The van der Waals surface area contributed by atoms with E-state index >= 15 is 0 Å². The van der Waals surface area contributed by atoms with Gasteiger partial charge in [-0.05, 0) is 55.6 Å². The fourth-order valence-corrected chi connectivity index (χ4v) is 4.67. The van der Waals surface area contributed by atoms with E-state index in [1.54, 1.807) is 11.3 Å². The third-order valence-electron chi connectivity index (χ3n) is 4.95. The minimum absolute atomic E-state index is 0.0438. The molecule has 0 saturated carbocycles. The van der Waals surface area contributed by atoms with Crippen LogP contribution >= 0.6 is 11.3 Å². The highest BCUT2D eigenvalue weighted by molar-refractivity contribution is 7.18. The standard InChI is InChI=1S/C21H23N3OS/c1-2-15-9-11-16(12-10-15)22-20(25)14-24-13-5-7-18(24)21-23-17-6-3-4-8-19(17)26-21/h3-4,6,8-12,18H,2,5,7,13-14H2,1H3,(H,22,25)/t18-/m1/s1. The van der Waals surface area contributed by atoms with Crippen molar-refractivity contribution >= 4 is 33.1 Å². The summed E-state index contributed by atoms with van der Waals surface area (Å²) in [5, 5.41) is 4.15. The fraction of sp³-hybridized carbons (Fsp3) is 0.333. The van der Waals surface area contributed by atoms with Gasteiger partial charge in [-0.2, -0.15) is 0 Å². The van der Waals surface area contributed by atoms with Crippen LogP contribution in [0.3, 0.4) is 0 Å². The van der Waals surface area contributed by atoms with Crippen LogP contribution in [-0.4, -0.2) is 28.9 Å². The Balaban J connectivity index is 1.43. The van der Waals surface area contributed by atoms with Crippen molar-refractivity contribution in [2.75, 3.05) is 18.4 Å². The number of fused-ring (bicyclic) bond motifs is 1. The normalized spacial score (nSPS) is 17.7. The molecular formula is C21H23N3OS. The molecule has 1 atom stereocenters. The summed E-state index contributed by atoms with van der Waals surface area (Å²) >= 11 is 1.75. The van der Waals surface area contributed by atoms with E-state index in [-0.39, 0.29) is 11.9 Å². The average Bonchev–Trinajstić information content (AvgIpc) is 3.28. The van der Waals surface area contributed by atoms with E-state index < -0.39 is 0 Å². The topological polar surface area (TPSA) is 45.2 Å². The molecule has 2 aromatic carbocycles. The van der Waals surface area contributed by atoms with Gasteiger partial charge in [0, 0.05) is 5.69 Å². The molecule has 1 aromatic heterocycles. The van der Waals surface area contributed by atoms with Crippen molar-refractivity contribution in [3.05, 3.63) is 59.1 Å². The lowest BCUT2D eigenvalue weighted by Crippen LogP contribution is -2.32. The third-order valence-corrected chi connectivity index (χ3v) is 6.09. The number of para-hydroxylation sites is 1. The van der Waals surface area contributed by atoms with Crippen molar-refractivity contribution < 1.29 is 4.79 Å². The Labute approximate surface area is 157 Å². The summed E-state index contributed by atoms with van der Waals surface area (Å²) in [5.74, 6) is 0.0438. The number of aryl methyl sites for hydroxylation is 1. The molecule has 1 saturated heterocycles. The largest absolute Gasteiger partial charge is 0.325 e. The third kappa shape index (κ3) is 3.64. The Hall–Kier alpha value is -2.24. The lowest BCUT2D eigenvalue weighted by molar-refractivity contribution is -0.117. The van der Waals surface area contributed by atoms with Crippen LogP contribution in [0.15, 0.2) is 48.5 Å². The Morgan fingerprint density at radius 3 is 2.81 bits per heavy atom. The summed E-state index contributed by atoms with van der Waals surface area (Å²) in [4.78, 5) is 19.6. The van der Waals surface area contributed by atoms with E-state index in [2.05, 4.69) is 41.4 Å². The van der Waals surface area contributed by atoms with Gasteiger partial charge in [0.1, 0.15) is 5.01 Å². The van der Waals surface area contributed by atoms with Crippen LogP contribution in [0.5, 0.6) is 0 Å². The number of aromatic nitrogens is 1. The van der Waals surface area contributed by atoms with Crippen LogP contribution in [-0.2, 0) is 11.2 Å². The molecular weight excluding hydrogens is 342 g/mol. The van der Waals surface area contributed by atoms with Crippen LogP contribution in [0.4, 0.5) is 5.69 Å². The first-order valence-electron chi connectivity index (χ1n) is 9.21. The molecule has 0 spiro atoms.